The topological polar surface area (TPSA) is 81.2 Å². The summed E-state index contributed by atoms with van der Waals surface area (Å²) >= 11 is 16.8. The number of thiocarbonyl (C=S) groups is 2. The molecule has 0 aliphatic carbocycles. The van der Waals surface area contributed by atoms with Crippen molar-refractivity contribution in [3.05, 3.63) is 107 Å². The second kappa shape index (κ2) is 17.3. The molecule has 0 radical (unpaired) electrons. The third kappa shape index (κ3) is 7.84. The molecule has 0 spiro atoms. The van der Waals surface area contributed by atoms with Crippen molar-refractivity contribution in [1.82, 2.24) is 9.80 Å². The fourth-order valence-electron chi connectivity index (χ4n) is 7.07. The van der Waals surface area contributed by atoms with Gasteiger partial charge in [0.15, 0.2) is 0 Å². The van der Waals surface area contributed by atoms with Crippen molar-refractivity contribution in [2.24, 2.45) is 0 Å². The van der Waals surface area contributed by atoms with E-state index >= 15 is 0 Å². The molecule has 4 aromatic rings. The van der Waals surface area contributed by atoms with Gasteiger partial charge in [0.1, 0.15) is 8.64 Å². The highest BCUT2D eigenvalue weighted by Crippen LogP contribution is 2.49. The minimum absolute atomic E-state index is 0.0420. The zero-order valence-electron chi connectivity index (χ0n) is 30.2. The number of benzene rings is 4. The van der Waals surface area contributed by atoms with Crippen LogP contribution in [0.25, 0.3) is 0 Å². The van der Waals surface area contributed by atoms with Gasteiger partial charge in [0, 0.05) is 45.5 Å². The van der Waals surface area contributed by atoms with Crippen molar-refractivity contribution in [2.45, 2.75) is 70.9 Å². The van der Waals surface area contributed by atoms with Gasteiger partial charge in [-0.1, -0.05) is 133 Å². The summed E-state index contributed by atoms with van der Waals surface area (Å²) in [6.07, 6.45) is 4.95. The van der Waals surface area contributed by atoms with E-state index in [9.17, 15) is 19.2 Å². The Kier molecular flexibility index (Phi) is 12.0. The summed E-state index contributed by atoms with van der Waals surface area (Å²) < 4.78 is 0.847. The monoisotopic (exact) mass is 852 g/mol. The molecule has 4 amide bonds. The molecule has 2 saturated heterocycles. The largest absolute Gasteiger partial charge is 0.293 e. The average Bonchev–Trinajstić information content (AvgIpc) is 3.66. The van der Waals surface area contributed by atoms with Crippen LogP contribution in [-0.4, -0.2) is 55.2 Å². The lowest BCUT2D eigenvalue weighted by molar-refractivity contribution is -0.124. The van der Waals surface area contributed by atoms with Gasteiger partial charge in [-0.25, -0.2) is 0 Å². The van der Waals surface area contributed by atoms with E-state index in [-0.39, 0.29) is 23.6 Å². The Morgan fingerprint density at radius 2 is 0.768 bits per heavy atom. The fraction of sp³-hybridized carbons (Fsp3) is 0.238. The summed E-state index contributed by atoms with van der Waals surface area (Å²) in [5.41, 5.74) is 3.62. The van der Waals surface area contributed by atoms with E-state index in [1.165, 1.54) is 0 Å². The van der Waals surface area contributed by atoms with Crippen LogP contribution in [0.3, 0.4) is 0 Å². The molecule has 0 N–H and O–H groups in total. The summed E-state index contributed by atoms with van der Waals surface area (Å²) in [7, 11) is 0. The number of thioether (sulfide) groups is 2. The summed E-state index contributed by atoms with van der Waals surface area (Å²) in [5.74, 6) is -0.456. The standard InChI is InChI=1S/C42H36N4O4S6/c47-35(45-27-15-5-9-19-31(27)53-32-20-10-6-16-28(32)45)23-3-1-13-25-43-39(49)37(55-41(43)51)38-40(50)44(42(52)56-38)26-14-2-4-24-36(48)46-29-17-7-11-21-33(29)54-34-22-12-8-18-30(34)46/h5-12,15-22H,1-4,13-14,23-26H2/b38-37+. The van der Waals surface area contributed by atoms with E-state index in [0.29, 0.717) is 70.1 Å². The normalized spacial score (nSPS) is 17.3. The van der Waals surface area contributed by atoms with Gasteiger partial charge in [0.05, 0.1) is 32.6 Å². The molecule has 0 unspecified atom stereocenters. The van der Waals surface area contributed by atoms with E-state index in [1.54, 1.807) is 33.3 Å². The van der Waals surface area contributed by atoms with Gasteiger partial charge in [0.25, 0.3) is 11.8 Å². The molecule has 284 valence electrons. The van der Waals surface area contributed by atoms with Gasteiger partial charge in [-0.3, -0.25) is 38.8 Å². The Labute approximate surface area is 353 Å². The van der Waals surface area contributed by atoms with Crippen LogP contribution >= 0.6 is 71.5 Å². The molecule has 4 heterocycles. The van der Waals surface area contributed by atoms with Crippen LogP contribution in [0.4, 0.5) is 22.7 Å². The summed E-state index contributed by atoms with van der Waals surface area (Å²) in [6.45, 7) is 0.835. The van der Waals surface area contributed by atoms with Gasteiger partial charge >= 0.3 is 0 Å². The van der Waals surface area contributed by atoms with E-state index < -0.39 is 0 Å². The van der Waals surface area contributed by atoms with E-state index in [1.807, 2.05) is 107 Å². The first-order chi connectivity index (χ1) is 27.3. The van der Waals surface area contributed by atoms with E-state index in [2.05, 4.69) is 0 Å². The van der Waals surface area contributed by atoms with Crippen molar-refractivity contribution < 1.29 is 19.2 Å². The zero-order valence-corrected chi connectivity index (χ0v) is 35.1. The average molecular weight is 853 g/mol. The Morgan fingerprint density at radius 1 is 0.446 bits per heavy atom. The third-order valence-electron chi connectivity index (χ3n) is 9.81. The number of anilines is 4. The number of carbonyl (C=O) groups excluding carboxylic acids is 4. The first-order valence-electron chi connectivity index (χ1n) is 18.5. The Hall–Kier alpha value is -3.92. The SMILES string of the molecule is O=C1/C(=C2\SC(=S)N(CCCCCC(=O)N3c4ccccc4Sc4ccccc43)C2=O)SC(=S)N1CCCCCC(=O)N1c2ccccc2Sc2ccccc21. The highest BCUT2D eigenvalue weighted by atomic mass is 32.2. The predicted octanol–water partition coefficient (Wildman–Crippen LogP) is 10.7. The molecule has 56 heavy (non-hydrogen) atoms. The van der Waals surface area contributed by atoms with Crippen LogP contribution in [0.5, 0.6) is 0 Å². The van der Waals surface area contributed by atoms with Crippen LogP contribution in [0, 0.1) is 0 Å². The van der Waals surface area contributed by atoms with Crippen LogP contribution in [0.15, 0.2) is 126 Å². The minimum atomic E-state index is -0.270. The maximum atomic E-state index is 13.6. The van der Waals surface area contributed by atoms with E-state index in [4.69, 9.17) is 24.4 Å². The Morgan fingerprint density at radius 3 is 1.11 bits per heavy atom. The quantitative estimate of drug-likeness (QED) is 0.0781. The molecule has 0 atom stereocenters. The number of hydrogen-bond acceptors (Lipinski definition) is 10. The van der Waals surface area contributed by atoms with Crippen LogP contribution in [0.1, 0.15) is 51.4 Å². The first kappa shape index (κ1) is 38.9. The number of hydrogen-bond donors (Lipinski definition) is 0. The van der Waals surface area contributed by atoms with Gasteiger partial charge in [0.2, 0.25) is 11.8 Å². The molecule has 2 fully saturated rings. The highest BCUT2D eigenvalue weighted by Gasteiger charge is 2.42. The van der Waals surface area contributed by atoms with Gasteiger partial charge in [-0.2, -0.15) is 0 Å². The minimum Gasteiger partial charge on any atom is -0.293 e. The molecular weight excluding hydrogens is 817 g/mol. The molecule has 0 saturated carbocycles. The van der Waals surface area contributed by atoms with Gasteiger partial charge in [-0.15, -0.1) is 0 Å². The molecule has 4 aromatic carbocycles. The molecular formula is C42H36N4O4S6. The Bertz CT molecular complexity index is 2060. The Balaban J connectivity index is 0.802. The summed E-state index contributed by atoms with van der Waals surface area (Å²) in [5, 5.41) is 0. The number of nitrogens with zero attached hydrogens (tertiary/aromatic N) is 4. The number of para-hydroxylation sites is 4. The molecule has 0 bridgehead atoms. The zero-order chi connectivity index (χ0) is 38.8. The van der Waals surface area contributed by atoms with Crippen molar-refractivity contribution in [3.8, 4) is 0 Å². The molecule has 4 aliphatic rings. The van der Waals surface area contributed by atoms with Crippen molar-refractivity contribution in [2.75, 3.05) is 22.9 Å². The van der Waals surface area contributed by atoms with Gasteiger partial charge in [-0.05, 0) is 74.2 Å². The number of amides is 4. The summed E-state index contributed by atoms with van der Waals surface area (Å²) in [6, 6.07) is 31.9. The van der Waals surface area contributed by atoms with Crippen LogP contribution < -0.4 is 9.80 Å². The molecule has 8 nitrogen and oxygen atoms in total. The van der Waals surface area contributed by atoms with E-state index in [0.717, 1.165) is 78.7 Å². The van der Waals surface area contributed by atoms with Crippen LogP contribution in [-0.2, 0) is 19.2 Å². The third-order valence-corrected chi connectivity index (χ3v) is 15.1. The molecule has 8 rings (SSSR count). The van der Waals surface area contributed by atoms with Crippen LogP contribution in [0.2, 0.25) is 0 Å². The summed E-state index contributed by atoms with van der Waals surface area (Å²) in [4.78, 5) is 65.8. The highest BCUT2D eigenvalue weighted by molar-refractivity contribution is 8.29. The molecule has 4 aliphatic heterocycles. The lowest BCUT2D eigenvalue weighted by atomic mass is 10.1. The molecule has 14 heteroatoms. The number of unbranched alkanes of at least 4 members (excludes halogenated alkanes) is 4. The smallest absolute Gasteiger partial charge is 0.267 e. The molecule has 0 aromatic heterocycles. The number of rotatable bonds is 12. The van der Waals surface area contributed by atoms with Crippen molar-refractivity contribution in [3.63, 3.8) is 0 Å². The fourth-order valence-corrected chi connectivity index (χ4v) is 12.0. The maximum Gasteiger partial charge on any atom is 0.267 e. The predicted molar refractivity (Wildman–Crippen MR) is 236 cm³/mol. The van der Waals surface area contributed by atoms with Gasteiger partial charge < -0.3 is 0 Å². The van der Waals surface area contributed by atoms with Crippen molar-refractivity contribution in [1.29, 1.82) is 0 Å². The van der Waals surface area contributed by atoms with Crippen molar-refractivity contribution >= 4 is 127 Å². The first-order valence-corrected chi connectivity index (χ1v) is 22.6. The lowest BCUT2D eigenvalue weighted by Crippen LogP contribution is -2.31. The number of fused-ring (bicyclic) bond motifs is 4. The lowest BCUT2D eigenvalue weighted by Gasteiger charge is -2.31. The number of carbonyl (C=O) groups is 4. The second-order valence-electron chi connectivity index (χ2n) is 13.5. The maximum absolute atomic E-state index is 13.6. The second-order valence-corrected chi connectivity index (χ2v) is 18.9.